The average Bonchev–Trinajstić information content (AvgIpc) is 2.52. The van der Waals surface area contributed by atoms with Gasteiger partial charge in [0.05, 0.1) is 11.3 Å². The Hall–Kier alpha value is -2.12. The number of nitrogens with zero attached hydrogens (tertiary/aromatic N) is 2. The zero-order chi connectivity index (χ0) is 16.9. The van der Waals surface area contributed by atoms with E-state index in [0.717, 1.165) is 55.6 Å². The summed E-state index contributed by atoms with van der Waals surface area (Å²) < 4.78 is 0. The lowest BCUT2D eigenvalue weighted by atomic mass is 9.56. The average molecular weight is 322 g/mol. The molecule has 1 aromatic rings. The van der Waals surface area contributed by atoms with E-state index in [0.29, 0.717) is 12.0 Å². The van der Waals surface area contributed by atoms with E-state index >= 15 is 0 Å². The maximum atomic E-state index is 12.4. The molecule has 1 heterocycles. The van der Waals surface area contributed by atoms with Crippen LogP contribution in [0.1, 0.15) is 43.7 Å². The fourth-order valence-electron chi connectivity index (χ4n) is 5.00. The number of allylic oxidation sites excluding steroid dienone is 1. The van der Waals surface area contributed by atoms with Crippen LogP contribution in [0.15, 0.2) is 29.8 Å². The molecule has 24 heavy (non-hydrogen) atoms. The lowest BCUT2D eigenvalue weighted by Crippen LogP contribution is -2.54. The lowest BCUT2D eigenvalue weighted by molar-refractivity contribution is -0.133. The molecule has 3 aliphatic rings. The van der Waals surface area contributed by atoms with E-state index in [2.05, 4.69) is 11.0 Å². The summed E-state index contributed by atoms with van der Waals surface area (Å²) in [6.45, 7) is 3.60. The van der Waals surface area contributed by atoms with Gasteiger partial charge in [-0.2, -0.15) is 5.26 Å². The largest absolute Gasteiger partial charge is 0.390 e. The number of aliphatic hydroxyl groups is 1. The van der Waals surface area contributed by atoms with E-state index in [4.69, 9.17) is 0 Å². The molecule has 4 heteroatoms. The summed E-state index contributed by atoms with van der Waals surface area (Å²) in [5.74, 6) is -0.0712. The Morgan fingerprint density at radius 3 is 2.50 bits per heavy atom. The van der Waals surface area contributed by atoms with Crippen molar-refractivity contribution in [1.82, 2.24) is 4.90 Å². The third kappa shape index (κ3) is 2.35. The first-order valence-corrected chi connectivity index (χ1v) is 8.66. The standard InChI is InChI=1S/C20H22N2O2/c1-19(24)12-20(13-19)6-8-22(9-7-20)18-15-5-3-2-4-14(15)10-17(23)16(18)11-21/h2-5,24H,6-10,12-13H2,1H3. The number of piperidine rings is 1. The molecule has 0 amide bonds. The first-order chi connectivity index (χ1) is 11.4. The number of nitriles is 1. The summed E-state index contributed by atoms with van der Waals surface area (Å²) in [7, 11) is 0. The SMILES string of the molecule is CC1(O)CC2(CCN(C3=C(C#N)C(=O)Cc4ccccc43)CC2)C1. The number of hydrogen-bond donors (Lipinski definition) is 1. The Morgan fingerprint density at radius 2 is 1.88 bits per heavy atom. The number of fused-ring (bicyclic) bond motifs is 1. The highest BCUT2D eigenvalue weighted by atomic mass is 16.3. The zero-order valence-corrected chi connectivity index (χ0v) is 14.0. The van der Waals surface area contributed by atoms with Gasteiger partial charge in [0.25, 0.3) is 0 Å². The maximum Gasteiger partial charge on any atom is 0.179 e. The van der Waals surface area contributed by atoms with Gasteiger partial charge in [0, 0.05) is 25.1 Å². The lowest BCUT2D eigenvalue weighted by Gasteiger charge is -2.56. The molecule has 0 radical (unpaired) electrons. The Morgan fingerprint density at radius 1 is 1.21 bits per heavy atom. The van der Waals surface area contributed by atoms with Crippen molar-refractivity contribution in [2.75, 3.05) is 13.1 Å². The van der Waals surface area contributed by atoms with Crippen molar-refractivity contribution >= 4 is 11.5 Å². The number of carbonyl (C=O) groups excluding carboxylic acids is 1. The molecule has 0 aromatic heterocycles. The molecule has 1 saturated heterocycles. The Kier molecular flexibility index (Phi) is 3.33. The van der Waals surface area contributed by atoms with Gasteiger partial charge in [0.2, 0.25) is 0 Å². The van der Waals surface area contributed by atoms with Crippen molar-refractivity contribution in [2.24, 2.45) is 5.41 Å². The van der Waals surface area contributed by atoms with Gasteiger partial charge in [0.1, 0.15) is 11.6 Å². The zero-order valence-electron chi connectivity index (χ0n) is 14.0. The number of benzene rings is 1. The van der Waals surface area contributed by atoms with Gasteiger partial charge >= 0.3 is 0 Å². The smallest absolute Gasteiger partial charge is 0.179 e. The second kappa shape index (κ2) is 5.19. The first kappa shape index (κ1) is 15.4. The number of likely N-dealkylation sites (tertiary alicyclic amines) is 1. The molecule has 1 spiro atoms. The molecule has 1 aliphatic heterocycles. The first-order valence-electron chi connectivity index (χ1n) is 8.66. The van der Waals surface area contributed by atoms with Gasteiger partial charge in [-0.3, -0.25) is 4.79 Å². The van der Waals surface area contributed by atoms with E-state index in [-0.39, 0.29) is 11.2 Å². The third-order valence-electron chi connectivity index (χ3n) is 5.90. The van der Waals surface area contributed by atoms with E-state index in [1.54, 1.807) is 0 Å². The van der Waals surface area contributed by atoms with E-state index in [1.165, 1.54) is 0 Å². The predicted molar refractivity (Wildman–Crippen MR) is 90.8 cm³/mol. The van der Waals surface area contributed by atoms with Crippen LogP contribution < -0.4 is 0 Å². The van der Waals surface area contributed by atoms with Crippen LogP contribution in [-0.4, -0.2) is 34.5 Å². The van der Waals surface area contributed by atoms with Crippen LogP contribution in [0.3, 0.4) is 0 Å². The summed E-state index contributed by atoms with van der Waals surface area (Å²) in [5, 5.41) is 19.6. The van der Waals surface area contributed by atoms with Crippen LogP contribution in [0.4, 0.5) is 0 Å². The molecular formula is C20H22N2O2. The highest BCUT2D eigenvalue weighted by Gasteiger charge is 2.52. The predicted octanol–water partition coefficient (Wildman–Crippen LogP) is 2.67. The molecule has 1 N–H and O–H groups in total. The summed E-state index contributed by atoms with van der Waals surface area (Å²) >= 11 is 0. The van der Waals surface area contributed by atoms with Crippen molar-refractivity contribution in [2.45, 2.75) is 44.6 Å². The number of Topliss-reactive ketones (excluding diaryl/α,β-unsaturated/α-hetero) is 1. The number of rotatable bonds is 1. The van der Waals surface area contributed by atoms with Crippen LogP contribution in [0.2, 0.25) is 0 Å². The Labute approximate surface area is 142 Å². The van der Waals surface area contributed by atoms with E-state index < -0.39 is 5.60 Å². The van der Waals surface area contributed by atoms with Crippen molar-refractivity contribution in [3.8, 4) is 6.07 Å². The molecular weight excluding hydrogens is 300 g/mol. The summed E-state index contributed by atoms with van der Waals surface area (Å²) in [4.78, 5) is 14.6. The maximum absolute atomic E-state index is 12.4. The van der Waals surface area contributed by atoms with Crippen molar-refractivity contribution < 1.29 is 9.90 Å². The highest BCUT2D eigenvalue weighted by molar-refractivity contribution is 6.09. The van der Waals surface area contributed by atoms with Crippen molar-refractivity contribution in [3.05, 3.63) is 41.0 Å². The van der Waals surface area contributed by atoms with Crippen molar-refractivity contribution in [1.29, 1.82) is 5.26 Å². The van der Waals surface area contributed by atoms with Gasteiger partial charge in [-0.05, 0) is 43.6 Å². The Balaban J connectivity index is 1.63. The molecule has 124 valence electrons. The second-order valence-electron chi connectivity index (χ2n) is 7.93. The minimum atomic E-state index is -0.507. The topological polar surface area (TPSA) is 64.3 Å². The molecule has 0 unspecified atom stereocenters. The van der Waals surface area contributed by atoms with E-state index in [9.17, 15) is 15.2 Å². The fourth-order valence-corrected chi connectivity index (χ4v) is 5.00. The molecule has 4 rings (SSSR count). The second-order valence-corrected chi connectivity index (χ2v) is 7.93. The molecule has 1 aromatic carbocycles. The van der Waals surface area contributed by atoms with Crippen LogP contribution in [0.5, 0.6) is 0 Å². The summed E-state index contributed by atoms with van der Waals surface area (Å²) in [6, 6.07) is 10.1. The summed E-state index contributed by atoms with van der Waals surface area (Å²) in [6.07, 6.45) is 4.09. The van der Waals surface area contributed by atoms with Gasteiger partial charge in [-0.1, -0.05) is 24.3 Å². The summed E-state index contributed by atoms with van der Waals surface area (Å²) in [5.41, 5.74) is 2.93. The van der Waals surface area contributed by atoms with Crippen LogP contribution in [0.25, 0.3) is 5.70 Å². The van der Waals surface area contributed by atoms with Gasteiger partial charge in [-0.25, -0.2) is 0 Å². The molecule has 0 atom stereocenters. The van der Waals surface area contributed by atoms with Gasteiger partial charge < -0.3 is 10.0 Å². The van der Waals surface area contributed by atoms with Crippen LogP contribution in [0, 0.1) is 16.7 Å². The minimum absolute atomic E-state index is 0.0712. The van der Waals surface area contributed by atoms with Crippen molar-refractivity contribution in [3.63, 3.8) is 0 Å². The minimum Gasteiger partial charge on any atom is -0.390 e. The van der Waals surface area contributed by atoms with E-state index in [1.807, 2.05) is 31.2 Å². The monoisotopic (exact) mass is 322 g/mol. The molecule has 0 bridgehead atoms. The van der Waals surface area contributed by atoms with Gasteiger partial charge in [-0.15, -0.1) is 0 Å². The third-order valence-corrected chi connectivity index (χ3v) is 5.90. The van der Waals surface area contributed by atoms with Crippen LogP contribution in [-0.2, 0) is 11.2 Å². The normalized spacial score (nSPS) is 24.4. The quantitative estimate of drug-likeness (QED) is 0.863. The van der Waals surface area contributed by atoms with Gasteiger partial charge in [0.15, 0.2) is 5.78 Å². The molecule has 2 aliphatic carbocycles. The number of hydrogen-bond acceptors (Lipinski definition) is 4. The number of carbonyl (C=O) groups is 1. The molecule has 4 nitrogen and oxygen atoms in total. The fraction of sp³-hybridized carbons (Fsp3) is 0.500. The van der Waals surface area contributed by atoms with Crippen LogP contribution >= 0.6 is 0 Å². The highest BCUT2D eigenvalue weighted by Crippen LogP contribution is 2.55. The molecule has 1 saturated carbocycles. The molecule has 2 fully saturated rings. The Bertz CT molecular complexity index is 767. The number of ketones is 1.